The van der Waals surface area contributed by atoms with Crippen LogP contribution in [0.15, 0.2) is 6.33 Å². The molecule has 2 aromatic rings. The topological polar surface area (TPSA) is 99.1 Å². The minimum atomic E-state index is -0.242. The smallest absolute Gasteiger partial charge is 0.246 e. The number of anilines is 1. The van der Waals surface area contributed by atoms with Gasteiger partial charge in [-0.1, -0.05) is 0 Å². The van der Waals surface area contributed by atoms with Gasteiger partial charge >= 0.3 is 0 Å². The minimum Gasteiger partial charge on any atom is -0.479 e. The molecule has 2 aromatic heterocycles. The van der Waals surface area contributed by atoms with Crippen molar-refractivity contribution in [1.82, 2.24) is 19.5 Å². The Bertz CT molecular complexity index is 582. The summed E-state index contributed by atoms with van der Waals surface area (Å²) in [5, 5.41) is 9.61. The predicted octanol–water partition coefficient (Wildman–Crippen LogP) is 0.503. The zero-order valence-electron chi connectivity index (χ0n) is 10.1. The highest BCUT2D eigenvalue weighted by Gasteiger charge is 2.26. The van der Waals surface area contributed by atoms with Crippen LogP contribution >= 0.6 is 0 Å². The Kier molecular flexibility index (Phi) is 2.55. The lowest BCUT2D eigenvalue weighted by atomic mass is 10.2. The first-order valence-corrected chi connectivity index (χ1v) is 5.91. The molecule has 3 N–H and O–H groups in total. The molecule has 7 nitrogen and oxygen atoms in total. The second kappa shape index (κ2) is 4.09. The van der Waals surface area contributed by atoms with Gasteiger partial charge in [0, 0.05) is 6.04 Å². The van der Waals surface area contributed by atoms with Gasteiger partial charge in [0.2, 0.25) is 11.8 Å². The number of imidazole rings is 1. The Balaban J connectivity index is 2.11. The maximum Gasteiger partial charge on any atom is 0.246 e. The van der Waals surface area contributed by atoms with E-state index in [0.717, 1.165) is 19.3 Å². The SMILES string of the molecule is COc1nc(N)nc2c1ncn2[C@@H]1CCC(O)C1. The molecule has 7 heteroatoms. The number of aromatic nitrogens is 4. The second-order valence-corrected chi connectivity index (χ2v) is 4.54. The summed E-state index contributed by atoms with van der Waals surface area (Å²) in [5.74, 6) is 0.550. The van der Waals surface area contributed by atoms with Crippen molar-refractivity contribution in [2.45, 2.75) is 31.4 Å². The highest BCUT2D eigenvalue weighted by atomic mass is 16.5. The number of nitrogens with two attached hydrogens (primary N) is 1. The fourth-order valence-electron chi connectivity index (χ4n) is 2.50. The van der Waals surface area contributed by atoms with Gasteiger partial charge < -0.3 is 20.1 Å². The number of methoxy groups -OCH3 is 1. The first-order valence-electron chi connectivity index (χ1n) is 5.91. The molecule has 1 saturated carbocycles. The van der Waals surface area contributed by atoms with Gasteiger partial charge in [-0.3, -0.25) is 0 Å². The average Bonchev–Trinajstić information content (AvgIpc) is 2.93. The number of nitrogens with zero attached hydrogens (tertiary/aromatic N) is 4. The molecule has 0 radical (unpaired) electrons. The molecule has 1 fully saturated rings. The largest absolute Gasteiger partial charge is 0.479 e. The molecule has 1 aliphatic carbocycles. The number of aliphatic hydroxyl groups is 1. The normalized spacial score (nSPS) is 23.7. The maximum atomic E-state index is 9.61. The van der Waals surface area contributed by atoms with Crippen molar-refractivity contribution in [2.75, 3.05) is 12.8 Å². The molecule has 0 saturated heterocycles. The molecule has 0 aromatic carbocycles. The molecule has 96 valence electrons. The number of fused-ring (bicyclic) bond motifs is 1. The van der Waals surface area contributed by atoms with Crippen LogP contribution in [0.4, 0.5) is 5.95 Å². The molecule has 0 aliphatic heterocycles. The summed E-state index contributed by atoms with van der Waals surface area (Å²) in [6.07, 6.45) is 3.91. The Morgan fingerprint density at radius 2 is 2.28 bits per heavy atom. The Morgan fingerprint density at radius 1 is 1.44 bits per heavy atom. The number of aliphatic hydroxyl groups excluding tert-OH is 1. The maximum absolute atomic E-state index is 9.61. The highest BCUT2D eigenvalue weighted by molar-refractivity contribution is 5.77. The molecule has 2 atom stereocenters. The van der Waals surface area contributed by atoms with Gasteiger partial charge in [0.05, 0.1) is 19.5 Å². The van der Waals surface area contributed by atoms with Crippen molar-refractivity contribution in [3.8, 4) is 5.88 Å². The van der Waals surface area contributed by atoms with Gasteiger partial charge in [-0.05, 0) is 19.3 Å². The minimum absolute atomic E-state index is 0.166. The molecule has 3 rings (SSSR count). The van der Waals surface area contributed by atoms with Crippen molar-refractivity contribution >= 4 is 17.1 Å². The number of nitrogen functional groups attached to an aromatic ring is 1. The van der Waals surface area contributed by atoms with Crippen LogP contribution in [0.3, 0.4) is 0 Å². The van der Waals surface area contributed by atoms with Crippen molar-refractivity contribution in [3.63, 3.8) is 0 Å². The van der Waals surface area contributed by atoms with E-state index in [0.29, 0.717) is 17.0 Å². The van der Waals surface area contributed by atoms with Crippen molar-refractivity contribution in [2.24, 2.45) is 0 Å². The molecular weight excluding hydrogens is 234 g/mol. The molecular formula is C11H15N5O2. The van der Waals surface area contributed by atoms with E-state index in [-0.39, 0.29) is 18.1 Å². The van der Waals surface area contributed by atoms with E-state index >= 15 is 0 Å². The van der Waals surface area contributed by atoms with Crippen LogP contribution in [0.5, 0.6) is 5.88 Å². The number of hydrogen-bond donors (Lipinski definition) is 2. The zero-order valence-corrected chi connectivity index (χ0v) is 10.1. The Labute approximate surface area is 104 Å². The molecule has 0 amide bonds. The van der Waals surface area contributed by atoms with Crippen LogP contribution in [0.25, 0.3) is 11.2 Å². The highest BCUT2D eigenvalue weighted by Crippen LogP contribution is 2.33. The van der Waals surface area contributed by atoms with E-state index in [1.165, 1.54) is 7.11 Å². The Morgan fingerprint density at radius 3 is 2.94 bits per heavy atom. The van der Waals surface area contributed by atoms with Crippen LogP contribution in [0.1, 0.15) is 25.3 Å². The first kappa shape index (κ1) is 11.2. The van der Waals surface area contributed by atoms with Crippen molar-refractivity contribution in [3.05, 3.63) is 6.33 Å². The molecule has 1 aliphatic rings. The van der Waals surface area contributed by atoms with Crippen molar-refractivity contribution in [1.29, 1.82) is 0 Å². The lowest BCUT2D eigenvalue weighted by Crippen LogP contribution is -2.08. The van der Waals surface area contributed by atoms with Crippen LogP contribution in [0.2, 0.25) is 0 Å². The lowest BCUT2D eigenvalue weighted by molar-refractivity contribution is 0.178. The van der Waals surface area contributed by atoms with Gasteiger partial charge in [0.1, 0.15) is 0 Å². The van der Waals surface area contributed by atoms with E-state index in [1.807, 2.05) is 4.57 Å². The molecule has 18 heavy (non-hydrogen) atoms. The summed E-state index contributed by atoms with van der Waals surface area (Å²) in [7, 11) is 1.53. The number of ether oxygens (including phenoxy) is 1. The quantitative estimate of drug-likeness (QED) is 0.804. The average molecular weight is 249 g/mol. The van der Waals surface area contributed by atoms with E-state index < -0.39 is 0 Å². The van der Waals surface area contributed by atoms with Gasteiger partial charge in [-0.25, -0.2) is 4.98 Å². The molecule has 1 unspecified atom stereocenters. The van der Waals surface area contributed by atoms with Crippen molar-refractivity contribution < 1.29 is 9.84 Å². The summed E-state index contributed by atoms with van der Waals surface area (Å²) in [6.45, 7) is 0. The Hall–Kier alpha value is -1.89. The number of hydrogen-bond acceptors (Lipinski definition) is 6. The van der Waals surface area contributed by atoms with E-state index in [9.17, 15) is 5.11 Å². The zero-order chi connectivity index (χ0) is 12.7. The molecule has 0 spiro atoms. The van der Waals surface area contributed by atoms with Crippen LogP contribution in [-0.2, 0) is 0 Å². The summed E-state index contributed by atoms with van der Waals surface area (Å²) in [5.41, 5.74) is 6.93. The summed E-state index contributed by atoms with van der Waals surface area (Å²) < 4.78 is 7.10. The standard InChI is InChI=1S/C11H15N5O2/c1-18-10-8-9(14-11(12)15-10)16(5-13-8)6-2-3-7(17)4-6/h5-7,17H,2-4H2,1H3,(H2,12,14,15)/t6-,7?/m1/s1. The number of rotatable bonds is 2. The summed E-state index contributed by atoms with van der Waals surface area (Å²) in [4.78, 5) is 12.5. The van der Waals surface area contributed by atoms with Crippen LogP contribution in [-0.4, -0.2) is 37.8 Å². The van der Waals surface area contributed by atoms with Crippen LogP contribution < -0.4 is 10.5 Å². The lowest BCUT2D eigenvalue weighted by Gasteiger charge is -2.12. The van der Waals surface area contributed by atoms with Gasteiger partial charge in [0.15, 0.2) is 11.2 Å². The van der Waals surface area contributed by atoms with Crippen LogP contribution in [0, 0.1) is 0 Å². The second-order valence-electron chi connectivity index (χ2n) is 4.54. The van der Waals surface area contributed by atoms with Gasteiger partial charge in [-0.2, -0.15) is 9.97 Å². The van der Waals surface area contributed by atoms with E-state index in [4.69, 9.17) is 10.5 Å². The fourth-order valence-corrected chi connectivity index (χ4v) is 2.50. The molecule has 0 bridgehead atoms. The third kappa shape index (κ3) is 1.67. The monoisotopic (exact) mass is 249 g/mol. The molecule has 2 heterocycles. The predicted molar refractivity (Wildman–Crippen MR) is 65.2 cm³/mol. The van der Waals surface area contributed by atoms with E-state index in [1.54, 1.807) is 6.33 Å². The van der Waals surface area contributed by atoms with Gasteiger partial charge in [0.25, 0.3) is 0 Å². The summed E-state index contributed by atoms with van der Waals surface area (Å²) in [6, 6.07) is 0.212. The first-order chi connectivity index (χ1) is 8.69. The fraction of sp³-hybridized carbons (Fsp3) is 0.545. The third-order valence-corrected chi connectivity index (χ3v) is 3.37. The third-order valence-electron chi connectivity index (χ3n) is 3.37. The summed E-state index contributed by atoms with van der Waals surface area (Å²) >= 11 is 0. The van der Waals surface area contributed by atoms with Gasteiger partial charge in [-0.15, -0.1) is 0 Å². The van der Waals surface area contributed by atoms with E-state index in [2.05, 4.69) is 15.0 Å².